The normalized spacial score (nSPS) is 26.0. The Kier molecular flexibility index (Phi) is 3.42. The van der Waals surface area contributed by atoms with Crippen LogP contribution >= 0.6 is 0 Å². The fraction of sp³-hybridized carbons (Fsp3) is 0.727. The van der Waals surface area contributed by atoms with Crippen molar-refractivity contribution in [2.75, 3.05) is 6.54 Å². The van der Waals surface area contributed by atoms with E-state index in [1.165, 1.54) is 0 Å². The summed E-state index contributed by atoms with van der Waals surface area (Å²) in [7, 11) is 0. The van der Waals surface area contributed by atoms with Crippen molar-refractivity contribution >= 4 is 5.97 Å². The van der Waals surface area contributed by atoms with Crippen LogP contribution < -0.4 is 0 Å². The summed E-state index contributed by atoms with van der Waals surface area (Å²) in [5.41, 5.74) is 0. The number of carbonyl (C=O) groups is 1. The van der Waals surface area contributed by atoms with Gasteiger partial charge in [-0.3, -0.25) is 9.69 Å². The largest absolute Gasteiger partial charge is 0.480 e. The topological polar surface area (TPSA) is 79.5 Å². The number of aryl methyl sites for hydroxylation is 1. The van der Waals surface area contributed by atoms with E-state index in [9.17, 15) is 9.90 Å². The first-order chi connectivity index (χ1) is 8.08. The van der Waals surface area contributed by atoms with Crippen molar-refractivity contribution in [3.8, 4) is 0 Å². The van der Waals surface area contributed by atoms with Crippen molar-refractivity contribution in [1.82, 2.24) is 15.0 Å². The monoisotopic (exact) mass is 239 g/mol. The molecule has 2 rings (SSSR count). The Hall–Kier alpha value is -1.43. The average Bonchev–Trinajstić information content (AvgIpc) is 2.63. The Morgan fingerprint density at radius 3 is 3.00 bits per heavy atom. The van der Waals surface area contributed by atoms with Crippen LogP contribution in [-0.2, 0) is 11.3 Å². The number of carboxylic acids is 1. The van der Waals surface area contributed by atoms with Gasteiger partial charge in [0.2, 0.25) is 5.89 Å². The van der Waals surface area contributed by atoms with E-state index in [0.717, 1.165) is 19.4 Å². The SMILES string of the molecule is Cc1nc(CN2CCCC(C)C2C(=O)O)no1. The van der Waals surface area contributed by atoms with Crippen molar-refractivity contribution < 1.29 is 14.4 Å². The number of rotatable bonds is 3. The highest BCUT2D eigenvalue weighted by Gasteiger charge is 2.34. The summed E-state index contributed by atoms with van der Waals surface area (Å²) < 4.78 is 4.89. The summed E-state index contributed by atoms with van der Waals surface area (Å²) in [5.74, 6) is 0.464. The lowest BCUT2D eigenvalue weighted by Crippen LogP contribution is -2.48. The van der Waals surface area contributed by atoms with Crippen molar-refractivity contribution in [3.63, 3.8) is 0 Å². The van der Waals surface area contributed by atoms with Crippen LogP contribution in [0.2, 0.25) is 0 Å². The van der Waals surface area contributed by atoms with Crippen molar-refractivity contribution in [2.45, 2.75) is 39.3 Å². The predicted molar refractivity (Wildman–Crippen MR) is 59.3 cm³/mol. The number of carboxylic acid groups (broad SMARTS) is 1. The zero-order valence-corrected chi connectivity index (χ0v) is 10.1. The fourth-order valence-corrected chi connectivity index (χ4v) is 2.44. The van der Waals surface area contributed by atoms with Gasteiger partial charge in [-0.15, -0.1) is 0 Å². The molecule has 0 spiro atoms. The number of aromatic nitrogens is 2. The van der Waals surface area contributed by atoms with Gasteiger partial charge in [-0.05, 0) is 25.3 Å². The van der Waals surface area contributed by atoms with Gasteiger partial charge in [0.15, 0.2) is 5.82 Å². The summed E-state index contributed by atoms with van der Waals surface area (Å²) >= 11 is 0. The first kappa shape index (κ1) is 12.0. The van der Waals surface area contributed by atoms with Gasteiger partial charge in [0.1, 0.15) is 6.04 Å². The van der Waals surface area contributed by atoms with Crippen molar-refractivity contribution in [2.24, 2.45) is 5.92 Å². The molecular weight excluding hydrogens is 222 g/mol. The zero-order valence-electron chi connectivity index (χ0n) is 10.1. The van der Waals surface area contributed by atoms with Gasteiger partial charge < -0.3 is 9.63 Å². The van der Waals surface area contributed by atoms with Crippen LogP contribution in [0.5, 0.6) is 0 Å². The van der Waals surface area contributed by atoms with Gasteiger partial charge in [0.25, 0.3) is 0 Å². The maximum absolute atomic E-state index is 11.3. The highest BCUT2D eigenvalue weighted by molar-refractivity contribution is 5.74. The Bertz CT molecular complexity index is 404. The second-order valence-electron chi connectivity index (χ2n) is 4.60. The molecule has 1 saturated heterocycles. The minimum absolute atomic E-state index is 0.161. The Labute approximate surface area is 99.6 Å². The summed E-state index contributed by atoms with van der Waals surface area (Å²) in [6, 6.07) is -0.442. The van der Waals surface area contributed by atoms with Gasteiger partial charge in [-0.2, -0.15) is 4.98 Å². The molecule has 2 unspecified atom stereocenters. The lowest BCUT2D eigenvalue weighted by atomic mass is 9.91. The smallest absolute Gasteiger partial charge is 0.321 e. The summed E-state index contributed by atoms with van der Waals surface area (Å²) in [4.78, 5) is 17.3. The van der Waals surface area contributed by atoms with E-state index in [0.29, 0.717) is 18.3 Å². The average molecular weight is 239 g/mol. The summed E-state index contributed by atoms with van der Waals surface area (Å²) in [5, 5.41) is 13.1. The van der Waals surface area contributed by atoms with E-state index in [1.807, 2.05) is 11.8 Å². The van der Waals surface area contributed by atoms with Gasteiger partial charge in [0, 0.05) is 6.92 Å². The Balaban J connectivity index is 2.09. The number of hydrogen-bond donors (Lipinski definition) is 1. The molecule has 0 aliphatic carbocycles. The number of piperidine rings is 1. The number of aliphatic carboxylic acids is 1. The van der Waals surface area contributed by atoms with E-state index >= 15 is 0 Å². The molecule has 2 atom stereocenters. The van der Waals surface area contributed by atoms with Crippen LogP contribution in [-0.4, -0.2) is 38.7 Å². The van der Waals surface area contributed by atoms with Crippen LogP contribution in [0.25, 0.3) is 0 Å². The van der Waals surface area contributed by atoms with Gasteiger partial charge in [0.05, 0.1) is 6.54 Å². The maximum Gasteiger partial charge on any atom is 0.321 e. The van der Waals surface area contributed by atoms with Gasteiger partial charge >= 0.3 is 5.97 Å². The molecule has 1 aromatic heterocycles. The minimum Gasteiger partial charge on any atom is -0.480 e. The van der Waals surface area contributed by atoms with Crippen LogP contribution in [0.4, 0.5) is 0 Å². The van der Waals surface area contributed by atoms with Crippen LogP contribution in [0.1, 0.15) is 31.5 Å². The first-order valence-corrected chi connectivity index (χ1v) is 5.84. The summed E-state index contributed by atoms with van der Waals surface area (Å²) in [6.45, 7) is 4.92. The third kappa shape index (κ3) is 2.63. The molecule has 1 aromatic rings. The lowest BCUT2D eigenvalue weighted by molar-refractivity contribution is -0.147. The van der Waals surface area contributed by atoms with E-state index in [2.05, 4.69) is 10.1 Å². The second-order valence-corrected chi connectivity index (χ2v) is 4.60. The molecule has 1 aliphatic heterocycles. The second kappa shape index (κ2) is 4.83. The van der Waals surface area contributed by atoms with E-state index in [1.54, 1.807) is 6.92 Å². The van der Waals surface area contributed by atoms with Crippen LogP contribution in [0.15, 0.2) is 4.52 Å². The standard InChI is InChI=1S/C11H17N3O3/c1-7-4-3-5-14(10(7)11(15)16)6-9-12-8(2)17-13-9/h7,10H,3-6H2,1-2H3,(H,15,16). The van der Waals surface area contributed by atoms with E-state index in [4.69, 9.17) is 4.52 Å². The molecular formula is C11H17N3O3. The van der Waals surface area contributed by atoms with Crippen LogP contribution in [0.3, 0.4) is 0 Å². The van der Waals surface area contributed by atoms with E-state index < -0.39 is 12.0 Å². The van der Waals surface area contributed by atoms with E-state index in [-0.39, 0.29) is 5.92 Å². The molecule has 94 valence electrons. The van der Waals surface area contributed by atoms with Crippen molar-refractivity contribution in [3.05, 3.63) is 11.7 Å². The summed E-state index contributed by atoms with van der Waals surface area (Å²) in [6.07, 6.45) is 1.97. The van der Waals surface area contributed by atoms with Gasteiger partial charge in [-0.1, -0.05) is 12.1 Å². The molecule has 17 heavy (non-hydrogen) atoms. The molecule has 0 saturated carbocycles. The molecule has 2 heterocycles. The van der Waals surface area contributed by atoms with Crippen molar-refractivity contribution in [1.29, 1.82) is 0 Å². The highest BCUT2D eigenvalue weighted by Crippen LogP contribution is 2.24. The Morgan fingerprint density at radius 2 is 2.41 bits per heavy atom. The number of likely N-dealkylation sites (tertiary alicyclic amines) is 1. The highest BCUT2D eigenvalue weighted by atomic mass is 16.5. The molecule has 1 aliphatic rings. The molecule has 6 heteroatoms. The fourth-order valence-electron chi connectivity index (χ4n) is 2.44. The molecule has 0 bridgehead atoms. The molecule has 0 radical (unpaired) electrons. The van der Waals surface area contributed by atoms with Crippen LogP contribution in [0, 0.1) is 12.8 Å². The molecule has 1 N–H and O–H groups in total. The Morgan fingerprint density at radius 1 is 1.65 bits per heavy atom. The quantitative estimate of drug-likeness (QED) is 0.849. The number of hydrogen-bond acceptors (Lipinski definition) is 5. The lowest BCUT2D eigenvalue weighted by Gasteiger charge is -2.36. The van der Waals surface area contributed by atoms with Gasteiger partial charge in [-0.25, -0.2) is 0 Å². The molecule has 1 fully saturated rings. The maximum atomic E-state index is 11.3. The molecule has 6 nitrogen and oxygen atoms in total. The zero-order chi connectivity index (χ0) is 12.4. The molecule has 0 aromatic carbocycles. The minimum atomic E-state index is -0.766. The number of nitrogens with zero attached hydrogens (tertiary/aromatic N) is 3. The molecule has 0 amide bonds. The predicted octanol–water partition coefficient (Wildman–Crippen LogP) is 1.06. The third-order valence-corrected chi connectivity index (χ3v) is 3.20. The third-order valence-electron chi connectivity index (χ3n) is 3.20. The first-order valence-electron chi connectivity index (χ1n) is 5.84.